The van der Waals surface area contributed by atoms with E-state index < -0.39 is 5.97 Å². The van der Waals surface area contributed by atoms with E-state index in [-0.39, 0.29) is 18.4 Å². The summed E-state index contributed by atoms with van der Waals surface area (Å²) >= 11 is 6.06. The van der Waals surface area contributed by atoms with Crippen LogP contribution in [0.15, 0.2) is 24.3 Å². The minimum Gasteiger partial charge on any atom is -0.480 e. The van der Waals surface area contributed by atoms with Gasteiger partial charge in [-0.2, -0.15) is 0 Å². The Labute approximate surface area is 112 Å². The van der Waals surface area contributed by atoms with E-state index in [2.05, 4.69) is 0 Å². The van der Waals surface area contributed by atoms with Crippen molar-refractivity contribution >= 4 is 30.0 Å². The smallest absolute Gasteiger partial charge is 0.320 e. The van der Waals surface area contributed by atoms with Crippen molar-refractivity contribution in [3.05, 3.63) is 34.9 Å². The van der Waals surface area contributed by atoms with Crippen LogP contribution in [0.3, 0.4) is 0 Å². The standard InChI is InChI=1S/C12H14ClNO2.ClH/c13-10-5-2-1-4-9(10)8-14-7-3-6-11(14)12(15)16;/h1-2,4-5,11H,3,6-8H2,(H,15,16);1H. The summed E-state index contributed by atoms with van der Waals surface area (Å²) in [6.45, 7) is 1.46. The fourth-order valence-corrected chi connectivity index (χ4v) is 2.34. The first-order chi connectivity index (χ1) is 7.68. The van der Waals surface area contributed by atoms with Gasteiger partial charge in [0.05, 0.1) is 0 Å². The van der Waals surface area contributed by atoms with Crippen molar-refractivity contribution in [2.75, 3.05) is 6.54 Å². The normalized spacial score (nSPS) is 19.9. The number of rotatable bonds is 3. The Morgan fingerprint density at radius 3 is 2.82 bits per heavy atom. The van der Waals surface area contributed by atoms with Crippen LogP contribution in [0, 0.1) is 0 Å². The van der Waals surface area contributed by atoms with E-state index in [1.54, 1.807) is 0 Å². The van der Waals surface area contributed by atoms with Gasteiger partial charge in [0.15, 0.2) is 0 Å². The van der Waals surface area contributed by atoms with Crippen molar-refractivity contribution in [2.24, 2.45) is 0 Å². The van der Waals surface area contributed by atoms with E-state index in [9.17, 15) is 4.79 Å². The van der Waals surface area contributed by atoms with E-state index in [0.29, 0.717) is 11.6 Å². The monoisotopic (exact) mass is 275 g/mol. The van der Waals surface area contributed by atoms with Crippen LogP contribution in [0.1, 0.15) is 18.4 Å². The average Bonchev–Trinajstić information content (AvgIpc) is 2.69. The number of halogens is 2. The fraction of sp³-hybridized carbons (Fsp3) is 0.417. The Morgan fingerprint density at radius 2 is 2.18 bits per heavy atom. The highest BCUT2D eigenvalue weighted by atomic mass is 35.5. The zero-order valence-electron chi connectivity index (χ0n) is 9.30. The van der Waals surface area contributed by atoms with Gasteiger partial charge in [-0.25, -0.2) is 0 Å². The molecule has 2 rings (SSSR count). The molecule has 3 nitrogen and oxygen atoms in total. The maximum atomic E-state index is 11.0. The lowest BCUT2D eigenvalue weighted by molar-refractivity contribution is -0.142. The molecule has 0 saturated carbocycles. The first kappa shape index (κ1) is 14.3. The molecule has 1 aliphatic rings. The van der Waals surface area contributed by atoms with Crippen LogP contribution in [-0.4, -0.2) is 28.6 Å². The number of hydrogen-bond acceptors (Lipinski definition) is 2. The number of carbonyl (C=O) groups is 1. The van der Waals surface area contributed by atoms with Crippen LogP contribution < -0.4 is 0 Å². The first-order valence-electron chi connectivity index (χ1n) is 5.39. The van der Waals surface area contributed by atoms with Crippen LogP contribution in [0.5, 0.6) is 0 Å². The van der Waals surface area contributed by atoms with Gasteiger partial charge in [0.2, 0.25) is 0 Å². The molecule has 94 valence electrons. The van der Waals surface area contributed by atoms with Gasteiger partial charge in [-0.3, -0.25) is 9.69 Å². The van der Waals surface area contributed by atoms with E-state index in [1.807, 2.05) is 29.2 Å². The molecule has 5 heteroatoms. The third-order valence-electron chi connectivity index (χ3n) is 2.98. The summed E-state index contributed by atoms with van der Waals surface area (Å²) in [7, 11) is 0. The molecule has 0 radical (unpaired) electrons. The van der Waals surface area contributed by atoms with Gasteiger partial charge < -0.3 is 5.11 Å². The van der Waals surface area contributed by atoms with E-state index in [4.69, 9.17) is 16.7 Å². The summed E-state index contributed by atoms with van der Waals surface area (Å²) in [5, 5.41) is 9.76. The Morgan fingerprint density at radius 1 is 1.47 bits per heavy atom. The van der Waals surface area contributed by atoms with Gasteiger partial charge in [-0.15, -0.1) is 12.4 Å². The topological polar surface area (TPSA) is 40.5 Å². The van der Waals surface area contributed by atoms with Crippen molar-refractivity contribution in [3.63, 3.8) is 0 Å². The van der Waals surface area contributed by atoms with Crippen molar-refractivity contribution in [1.82, 2.24) is 4.90 Å². The fourth-order valence-electron chi connectivity index (χ4n) is 2.14. The Kier molecular flexibility index (Phi) is 5.25. The molecule has 1 fully saturated rings. The van der Waals surface area contributed by atoms with E-state index in [1.165, 1.54) is 0 Å². The van der Waals surface area contributed by atoms with E-state index in [0.717, 1.165) is 24.9 Å². The Hall–Kier alpha value is -0.770. The number of aliphatic carboxylic acids is 1. The summed E-state index contributed by atoms with van der Waals surface area (Å²) in [6.07, 6.45) is 1.68. The number of carboxylic acids is 1. The summed E-state index contributed by atoms with van der Waals surface area (Å²) in [4.78, 5) is 13.0. The molecule has 0 aromatic heterocycles. The van der Waals surface area contributed by atoms with Crippen molar-refractivity contribution in [2.45, 2.75) is 25.4 Å². The molecular weight excluding hydrogens is 261 g/mol. The number of hydrogen-bond donors (Lipinski definition) is 1. The highest BCUT2D eigenvalue weighted by molar-refractivity contribution is 6.31. The predicted octanol–water partition coefficient (Wildman–Crippen LogP) is 2.81. The second kappa shape index (κ2) is 6.24. The molecule has 1 unspecified atom stereocenters. The Bertz CT molecular complexity index is 398. The highest BCUT2D eigenvalue weighted by Gasteiger charge is 2.30. The minimum absolute atomic E-state index is 0. The van der Waals surface area contributed by atoms with Crippen LogP contribution >= 0.6 is 24.0 Å². The predicted molar refractivity (Wildman–Crippen MR) is 69.8 cm³/mol. The Balaban J connectivity index is 0.00000144. The molecular formula is C12H15Cl2NO2. The van der Waals surface area contributed by atoms with Gasteiger partial charge in [0, 0.05) is 11.6 Å². The average molecular weight is 276 g/mol. The van der Waals surface area contributed by atoms with Gasteiger partial charge in [-0.1, -0.05) is 29.8 Å². The molecule has 1 saturated heterocycles. The molecule has 17 heavy (non-hydrogen) atoms. The largest absolute Gasteiger partial charge is 0.480 e. The molecule has 0 amide bonds. The van der Waals surface area contributed by atoms with Crippen LogP contribution in [0.4, 0.5) is 0 Å². The molecule has 1 heterocycles. The number of nitrogens with zero attached hydrogens (tertiary/aromatic N) is 1. The lowest BCUT2D eigenvalue weighted by atomic mass is 10.2. The van der Waals surface area contributed by atoms with Gasteiger partial charge in [0.1, 0.15) is 6.04 Å². The van der Waals surface area contributed by atoms with E-state index >= 15 is 0 Å². The number of benzene rings is 1. The van der Waals surface area contributed by atoms with Crippen molar-refractivity contribution in [3.8, 4) is 0 Å². The molecule has 0 aliphatic carbocycles. The van der Waals surface area contributed by atoms with Crippen molar-refractivity contribution in [1.29, 1.82) is 0 Å². The second-order valence-electron chi connectivity index (χ2n) is 4.06. The molecule has 1 N–H and O–H groups in total. The minimum atomic E-state index is -0.732. The molecule has 1 atom stereocenters. The molecule has 1 aliphatic heterocycles. The number of carboxylic acid groups (broad SMARTS) is 1. The zero-order valence-corrected chi connectivity index (χ0v) is 10.9. The highest BCUT2D eigenvalue weighted by Crippen LogP contribution is 2.23. The number of likely N-dealkylation sites (tertiary alicyclic amines) is 1. The maximum Gasteiger partial charge on any atom is 0.320 e. The second-order valence-corrected chi connectivity index (χ2v) is 4.47. The molecule has 0 bridgehead atoms. The third-order valence-corrected chi connectivity index (χ3v) is 3.35. The zero-order chi connectivity index (χ0) is 11.5. The van der Waals surface area contributed by atoms with Crippen LogP contribution in [0.25, 0.3) is 0 Å². The summed E-state index contributed by atoms with van der Waals surface area (Å²) < 4.78 is 0. The summed E-state index contributed by atoms with van der Waals surface area (Å²) in [5.74, 6) is -0.732. The van der Waals surface area contributed by atoms with Gasteiger partial charge in [-0.05, 0) is 31.0 Å². The van der Waals surface area contributed by atoms with Crippen LogP contribution in [0.2, 0.25) is 5.02 Å². The van der Waals surface area contributed by atoms with Crippen molar-refractivity contribution < 1.29 is 9.90 Å². The summed E-state index contributed by atoms with van der Waals surface area (Å²) in [5.41, 5.74) is 0.998. The molecule has 0 spiro atoms. The third kappa shape index (κ3) is 3.35. The van der Waals surface area contributed by atoms with Gasteiger partial charge >= 0.3 is 5.97 Å². The van der Waals surface area contributed by atoms with Crippen LogP contribution in [-0.2, 0) is 11.3 Å². The molecule has 1 aromatic rings. The summed E-state index contributed by atoms with van der Waals surface area (Å²) in [6, 6.07) is 7.23. The SMILES string of the molecule is Cl.O=C(O)C1CCCN1Cc1ccccc1Cl. The van der Waals surface area contributed by atoms with Gasteiger partial charge in [0.25, 0.3) is 0 Å². The first-order valence-corrected chi connectivity index (χ1v) is 5.76. The quantitative estimate of drug-likeness (QED) is 0.922. The lowest BCUT2D eigenvalue weighted by Gasteiger charge is -2.21. The molecule has 1 aromatic carbocycles. The maximum absolute atomic E-state index is 11.0. The lowest BCUT2D eigenvalue weighted by Crippen LogP contribution is -2.35.